The van der Waals surface area contributed by atoms with Crippen molar-refractivity contribution < 1.29 is 5.11 Å². The molecular formula is C26H22N4O4. The molecule has 8 heteroatoms. The minimum absolute atomic E-state index is 0.0172. The number of benzene rings is 3. The molecule has 0 amide bonds. The van der Waals surface area contributed by atoms with Crippen LogP contribution in [0.25, 0.3) is 21.7 Å². The van der Waals surface area contributed by atoms with Gasteiger partial charge < -0.3 is 15.8 Å². The van der Waals surface area contributed by atoms with Gasteiger partial charge in [0.15, 0.2) is 0 Å². The summed E-state index contributed by atoms with van der Waals surface area (Å²) in [5.41, 5.74) is 5.60. The number of anilines is 1. The van der Waals surface area contributed by atoms with Crippen LogP contribution >= 0.6 is 0 Å². The van der Waals surface area contributed by atoms with E-state index in [-0.39, 0.29) is 22.7 Å². The molecule has 3 aromatic carbocycles. The second kappa shape index (κ2) is 7.77. The summed E-state index contributed by atoms with van der Waals surface area (Å²) in [5, 5.41) is 13.6. The molecule has 34 heavy (non-hydrogen) atoms. The number of nitrogens with two attached hydrogens (primary N) is 1. The van der Waals surface area contributed by atoms with Crippen LogP contribution in [0.5, 0.6) is 5.75 Å². The molecule has 0 saturated carbocycles. The van der Waals surface area contributed by atoms with Gasteiger partial charge in [0, 0.05) is 24.9 Å². The fourth-order valence-corrected chi connectivity index (χ4v) is 4.59. The van der Waals surface area contributed by atoms with Crippen LogP contribution in [0.3, 0.4) is 0 Å². The van der Waals surface area contributed by atoms with E-state index in [0.717, 1.165) is 19.9 Å². The Morgan fingerprint density at radius 3 is 2.24 bits per heavy atom. The maximum atomic E-state index is 13.5. The molecule has 170 valence electrons. The van der Waals surface area contributed by atoms with E-state index in [4.69, 9.17) is 5.73 Å². The normalized spacial score (nSPS) is 12.3. The summed E-state index contributed by atoms with van der Waals surface area (Å²) in [6.45, 7) is 0. The average molecular weight is 454 g/mol. The van der Waals surface area contributed by atoms with Gasteiger partial charge in [0.1, 0.15) is 11.6 Å². The lowest BCUT2D eigenvalue weighted by Crippen LogP contribution is -2.41. The Morgan fingerprint density at radius 2 is 1.50 bits per heavy atom. The first-order valence-corrected chi connectivity index (χ1v) is 10.7. The second-order valence-electron chi connectivity index (χ2n) is 8.27. The van der Waals surface area contributed by atoms with Gasteiger partial charge >= 0.3 is 5.69 Å². The monoisotopic (exact) mass is 454 g/mol. The van der Waals surface area contributed by atoms with Crippen molar-refractivity contribution in [1.29, 1.82) is 0 Å². The van der Waals surface area contributed by atoms with Crippen LogP contribution in [0.2, 0.25) is 0 Å². The number of H-pyrrole nitrogens is 1. The summed E-state index contributed by atoms with van der Waals surface area (Å²) < 4.78 is 2.11. The highest BCUT2D eigenvalue weighted by Crippen LogP contribution is 2.39. The molecule has 5 rings (SSSR count). The standard InChI is InChI=1S/C26H22N4O4/c1-29-23(27)20(25(33)30(2)26(29)34)18(15-9-4-3-5-10-15)19-22(31)17-13-12-14-8-6-7-11-16(14)21(17)28-24(19)32/h3-13,18H,27H2,1-2H3,(H2,28,31,32). The molecule has 0 bridgehead atoms. The zero-order valence-electron chi connectivity index (χ0n) is 18.6. The third kappa shape index (κ3) is 3.03. The molecule has 1 unspecified atom stereocenters. The molecular weight excluding hydrogens is 432 g/mol. The topological polar surface area (TPSA) is 123 Å². The molecule has 0 radical (unpaired) electrons. The summed E-state index contributed by atoms with van der Waals surface area (Å²) >= 11 is 0. The van der Waals surface area contributed by atoms with Crippen molar-refractivity contribution in [3.63, 3.8) is 0 Å². The molecule has 5 aromatic rings. The molecule has 0 saturated heterocycles. The van der Waals surface area contributed by atoms with Gasteiger partial charge in [-0.3, -0.25) is 18.7 Å². The van der Waals surface area contributed by atoms with Crippen LogP contribution in [-0.4, -0.2) is 19.2 Å². The first-order valence-electron chi connectivity index (χ1n) is 10.7. The van der Waals surface area contributed by atoms with Crippen LogP contribution < -0.4 is 22.5 Å². The molecule has 8 nitrogen and oxygen atoms in total. The molecule has 0 aliphatic rings. The summed E-state index contributed by atoms with van der Waals surface area (Å²) in [7, 11) is 2.81. The minimum atomic E-state index is -1.01. The van der Waals surface area contributed by atoms with E-state index in [2.05, 4.69) is 4.98 Å². The number of aromatic nitrogens is 3. The van der Waals surface area contributed by atoms with E-state index >= 15 is 0 Å². The number of fused-ring (bicyclic) bond motifs is 3. The van der Waals surface area contributed by atoms with Gasteiger partial charge in [0.2, 0.25) is 0 Å². The first-order chi connectivity index (χ1) is 16.3. The molecule has 4 N–H and O–H groups in total. The third-order valence-corrected chi connectivity index (χ3v) is 6.38. The maximum Gasteiger partial charge on any atom is 0.332 e. The zero-order valence-corrected chi connectivity index (χ0v) is 18.6. The van der Waals surface area contributed by atoms with E-state index in [0.29, 0.717) is 16.5 Å². The quantitative estimate of drug-likeness (QED) is 0.362. The van der Waals surface area contributed by atoms with Crippen LogP contribution in [0.4, 0.5) is 5.82 Å². The Bertz CT molecular complexity index is 1760. The lowest BCUT2D eigenvalue weighted by molar-refractivity contribution is 0.471. The van der Waals surface area contributed by atoms with Gasteiger partial charge in [0.05, 0.1) is 22.6 Å². The number of rotatable bonds is 3. The van der Waals surface area contributed by atoms with Crippen LogP contribution in [0.15, 0.2) is 81.1 Å². The Labute approximate surface area is 193 Å². The SMILES string of the molecule is Cn1c(N)c(C(c2ccccc2)c2c(O)c3ccc4ccccc4c3[nH]c2=O)c(=O)n(C)c1=O. The zero-order chi connectivity index (χ0) is 24.1. The van der Waals surface area contributed by atoms with Crippen molar-refractivity contribution in [1.82, 2.24) is 14.1 Å². The van der Waals surface area contributed by atoms with Crippen molar-refractivity contribution in [3.8, 4) is 5.75 Å². The van der Waals surface area contributed by atoms with Gasteiger partial charge in [-0.15, -0.1) is 0 Å². The highest BCUT2D eigenvalue weighted by Gasteiger charge is 2.31. The Hall–Kier alpha value is -4.59. The van der Waals surface area contributed by atoms with Crippen LogP contribution in [0.1, 0.15) is 22.6 Å². The lowest BCUT2D eigenvalue weighted by Gasteiger charge is -2.22. The molecule has 2 heterocycles. The minimum Gasteiger partial charge on any atom is -0.507 e. The Kier molecular flexibility index (Phi) is 4.86. The molecule has 1 atom stereocenters. The highest BCUT2D eigenvalue weighted by atomic mass is 16.3. The van der Waals surface area contributed by atoms with E-state index in [1.165, 1.54) is 14.1 Å². The number of nitrogens with zero attached hydrogens (tertiary/aromatic N) is 2. The smallest absolute Gasteiger partial charge is 0.332 e. The fourth-order valence-electron chi connectivity index (χ4n) is 4.59. The highest BCUT2D eigenvalue weighted by molar-refractivity contribution is 6.07. The number of hydrogen-bond donors (Lipinski definition) is 3. The van der Waals surface area contributed by atoms with Gasteiger partial charge in [-0.1, -0.05) is 60.7 Å². The Morgan fingerprint density at radius 1 is 0.824 bits per heavy atom. The third-order valence-electron chi connectivity index (χ3n) is 6.38. The lowest BCUT2D eigenvalue weighted by atomic mass is 9.85. The molecule has 0 aliphatic heterocycles. The second-order valence-corrected chi connectivity index (χ2v) is 8.27. The van der Waals surface area contributed by atoms with E-state index in [1.807, 2.05) is 30.3 Å². The average Bonchev–Trinajstić information content (AvgIpc) is 2.85. The number of nitrogens with one attached hydrogen (secondary N) is 1. The molecule has 0 aliphatic carbocycles. The van der Waals surface area contributed by atoms with Gasteiger partial charge in [-0.05, 0) is 17.0 Å². The molecule has 0 spiro atoms. The maximum absolute atomic E-state index is 13.5. The summed E-state index contributed by atoms with van der Waals surface area (Å²) in [6, 6.07) is 20.0. The van der Waals surface area contributed by atoms with E-state index in [9.17, 15) is 19.5 Å². The number of aromatic amines is 1. The van der Waals surface area contributed by atoms with Crippen molar-refractivity contribution in [2.45, 2.75) is 5.92 Å². The number of nitrogen functional groups attached to an aromatic ring is 1. The number of hydrogen-bond acceptors (Lipinski definition) is 5. The van der Waals surface area contributed by atoms with E-state index in [1.54, 1.807) is 36.4 Å². The van der Waals surface area contributed by atoms with Crippen molar-refractivity contribution in [3.05, 3.63) is 115 Å². The summed E-state index contributed by atoms with van der Waals surface area (Å²) in [5.74, 6) is -1.32. The van der Waals surface area contributed by atoms with E-state index < -0.39 is 22.7 Å². The van der Waals surface area contributed by atoms with Gasteiger partial charge in [-0.2, -0.15) is 0 Å². The Balaban J connectivity index is 1.93. The van der Waals surface area contributed by atoms with Crippen molar-refractivity contribution in [2.75, 3.05) is 5.73 Å². The van der Waals surface area contributed by atoms with Gasteiger partial charge in [0.25, 0.3) is 11.1 Å². The number of aromatic hydroxyl groups is 1. The molecule has 0 fully saturated rings. The summed E-state index contributed by atoms with van der Waals surface area (Å²) in [6.07, 6.45) is 0. The van der Waals surface area contributed by atoms with Crippen LogP contribution in [0, 0.1) is 0 Å². The first kappa shape index (κ1) is 21.3. The van der Waals surface area contributed by atoms with Crippen molar-refractivity contribution in [2.24, 2.45) is 14.1 Å². The molecule has 2 aromatic heterocycles. The van der Waals surface area contributed by atoms with Crippen molar-refractivity contribution >= 4 is 27.5 Å². The predicted molar refractivity (Wildman–Crippen MR) is 132 cm³/mol. The fraction of sp³-hybridized carbons (Fsp3) is 0.115. The van der Waals surface area contributed by atoms with Gasteiger partial charge in [-0.25, -0.2) is 4.79 Å². The summed E-state index contributed by atoms with van der Waals surface area (Å²) in [4.78, 5) is 42.1. The number of pyridine rings is 1. The predicted octanol–water partition coefficient (Wildman–Crippen LogP) is 2.55. The van der Waals surface area contributed by atoms with Crippen LogP contribution in [-0.2, 0) is 14.1 Å². The largest absolute Gasteiger partial charge is 0.507 e.